The van der Waals surface area contributed by atoms with E-state index in [0.717, 1.165) is 6.54 Å². The van der Waals surface area contributed by atoms with Crippen LogP contribution in [-0.2, 0) is 6.54 Å². The highest BCUT2D eigenvalue weighted by Crippen LogP contribution is 2.14. The summed E-state index contributed by atoms with van der Waals surface area (Å²) in [5, 5.41) is 1.92. The number of rotatable bonds is 3. The molecule has 1 aromatic carbocycles. The van der Waals surface area contributed by atoms with Crippen LogP contribution < -0.4 is 5.32 Å². The minimum atomic E-state index is 0.967. The van der Waals surface area contributed by atoms with E-state index in [1.165, 1.54) is 10.5 Å². The Morgan fingerprint density at radius 2 is 2.00 bits per heavy atom. The quantitative estimate of drug-likeness (QED) is 0.529. The van der Waals surface area contributed by atoms with Crippen molar-refractivity contribution in [1.82, 2.24) is 0 Å². The molecule has 0 heterocycles. The van der Waals surface area contributed by atoms with Gasteiger partial charge in [0.25, 0.3) is 0 Å². The standard InChI is InChI=1S/C9H13NS/c1-10-7-8-3-5-9(11-2)6-4-8/h3-6H,1,7,10H2,2H3. The van der Waals surface area contributed by atoms with E-state index >= 15 is 0 Å². The van der Waals surface area contributed by atoms with Crippen molar-refractivity contribution < 1.29 is 5.32 Å². The van der Waals surface area contributed by atoms with Gasteiger partial charge in [-0.2, -0.15) is 7.05 Å². The number of hydrogen-bond acceptors (Lipinski definition) is 1. The van der Waals surface area contributed by atoms with Crippen molar-refractivity contribution in [2.75, 3.05) is 6.26 Å². The monoisotopic (exact) mass is 167 g/mol. The summed E-state index contributed by atoms with van der Waals surface area (Å²) in [6.07, 6.45) is 2.09. The molecule has 60 valence electrons. The number of hydrogen-bond donors (Lipinski definition) is 1. The topological polar surface area (TPSA) is 16.6 Å². The van der Waals surface area contributed by atoms with Crippen molar-refractivity contribution in [3.8, 4) is 0 Å². The zero-order valence-corrected chi connectivity index (χ0v) is 7.53. The Hall–Kier alpha value is -0.470. The molecule has 0 bridgehead atoms. The van der Waals surface area contributed by atoms with E-state index in [2.05, 4.69) is 37.6 Å². The number of thioether (sulfide) groups is 1. The molecule has 0 amide bonds. The second-order valence-electron chi connectivity index (χ2n) is 2.34. The van der Waals surface area contributed by atoms with Crippen LogP contribution in [0.15, 0.2) is 29.2 Å². The summed E-state index contributed by atoms with van der Waals surface area (Å²) in [7, 11) is 3.69. The van der Waals surface area contributed by atoms with E-state index in [-0.39, 0.29) is 0 Å². The van der Waals surface area contributed by atoms with Crippen LogP contribution >= 0.6 is 11.8 Å². The SMILES string of the molecule is [CH2-][NH2+]Cc1ccc(SC)cc1. The van der Waals surface area contributed by atoms with Crippen molar-refractivity contribution in [2.45, 2.75) is 11.4 Å². The average Bonchev–Trinajstić information content (AvgIpc) is 2.07. The van der Waals surface area contributed by atoms with E-state index in [9.17, 15) is 0 Å². The molecule has 0 spiro atoms. The van der Waals surface area contributed by atoms with Crippen molar-refractivity contribution in [1.29, 1.82) is 0 Å². The normalized spacial score (nSPS) is 10.0. The van der Waals surface area contributed by atoms with Gasteiger partial charge in [0.15, 0.2) is 0 Å². The maximum Gasteiger partial charge on any atom is 0.0773 e. The second kappa shape index (κ2) is 4.42. The number of benzene rings is 1. The minimum absolute atomic E-state index is 0.967. The van der Waals surface area contributed by atoms with Crippen LogP contribution in [0, 0.1) is 7.05 Å². The first kappa shape index (κ1) is 8.62. The number of quaternary nitrogens is 1. The molecule has 0 radical (unpaired) electrons. The van der Waals surface area contributed by atoms with Crippen molar-refractivity contribution in [3.63, 3.8) is 0 Å². The highest BCUT2D eigenvalue weighted by molar-refractivity contribution is 7.98. The fraction of sp³-hybridized carbons (Fsp3) is 0.222. The van der Waals surface area contributed by atoms with Crippen LogP contribution in [0.1, 0.15) is 5.56 Å². The molecule has 0 saturated heterocycles. The predicted octanol–water partition coefficient (Wildman–Crippen LogP) is 1.26. The third kappa shape index (κ3) is 2.56. The highest BCUT2D eigenvalue weighted by Gasteiger charge is 1.91. The Balaban J connectivity index is 2.66. The first-order valence-corrected chi connectivity index (χ1v) is 4.83. The molecule has 1 aromatic rings. The first-order chi connectivity index (χ1) is 5.36. The highest BCUT2D eigenvalue weighted by atomic mass is 32.2. The van der Waals surface area contributed by atoms with Crippen LogP contribution in [-0.4, -0.2) is 6.26 Å². The fourth-order valence-electron chi connectivity index (χ4n) is 0.928. The lowest BCUT2D eigenvalue weighted by Gasteiger charge is -2.01. The van der Waals surface area contributed by atoms with Crippen LogP contribution in [0.3, 0.4) is 0 Å². The minimum Gasteiger partial charge on any atom is -0.475 e. The molecule has 0 unspecified atom stereocenters. The van der Waals surface area contributed by atoms with Gasteiger partial charge in [-0.05, 0) is 18.4 Å². The van der Waals surface area contributed by atoms with Gasteiger partial charge in [-0.3, -0.25) is 0 Å². The average molecular weight is 167 g/mol. The van der Waals surface area contributed by atoms with Crippen molar-refractivity contribution >= 4 is 11.8 Å². The molecule has 11 heavy (non-hydrogen) atoms. The zero-order valence-electron chi connectivity index (χ0n) is 6.71. The molecule has 2 N–H and O–H groups in total. The van der Waals surface area contributed by atoms with Crippen molar-refractivity contribution in [3.05, 3.63) is 36.9 Å². The summed E-state index contributed by atoms with van der Waals surface area (Å²) in [5.41, 5.74) is 1.33. The molecule has 1 nitrogen and oxygen atoms in total. The van der Waals surface area contributed by atoms with Gasteiger partial charge in [0.1, 0.15) is 0 Å². The summed E-state index contributed by atoms with van der Waals surface area (Å²) >= 11 is 1.77. The Labute approximate surface area is 72.2 Å². The summed E-state index contributed by atoms with van der Waals surface area (Å²) in [6, 6.07) is 8.58. The first-order valence-electron chi connectivity index (χ1n) is 3.60. The van der Waals surface area contributed by atoms with Gasteiger partial charge in [0.2, 0.25) is 0 Å². The summed E-state index contributed by atoms with van der Waals surface area (Å²) in [5.74, 6) is 0. The third-order valence-electron chi connectivity index (χ3n) is 1.54. The Morgan fingerprint density at radius 1 is 1.36 bits per heavy atom. The van der Waals surface area contributed by atoms with E-state index in [1.54, 1.807) is 11.8 Å². The third-order valence-corrected chi connectivity index (χ3v) is 2.28. The van der Waals surface area contributed by atoms with Gasteiger partial charge in [0, 0.05) is 10.5 Å². The molecule has 0 aromatic heterocycles. The van der Waals surface area contributed by atoms with Gasteiger partial charge in [-0.15, -0.1) is 11.8 Å². The van der Waals surface area contributed by atoms with Gasteiger partial charge < -0.3 is 5.32 Å². The smallest absolute Gasteiger partial charge is 0.0773 e. The maximum atomic E-state index is 3.69. The van der Waals surface area contributed by atoms with Crippen LogP contribution in [0.25, 0.3) is 0 Å². The molecule has 2 heteroatoms. The Morgan fingerprint density at radius 3 is 2.45 bits per heavy atom. The van der Waals surface area contributed by atoms with Crippen LogP contribution in [0.2, 0.25) is 0 Å². The Bertz CT molecular complexity index is 205. The van der Waals surface area contributed by atoms with E-state index in [4.69, 9.17) is 0 Å². The van der Waals surface area contributed by atoms with Crippen LogP contribution in [0.5, 0.6) is 0 Å². The largest absolute Gasteiger partial charge is 0.475 e. The zero-order chi connectivity index (χ0) is 8.10. The van der Waals surface area contributed by atoms with E-state index in [1.807, 2.05) is 5.32 Å². The molecular formula is C9H13NS. The lowest BCUT2D eigenvalue weighted by Crippen LogP contribution is -2.74. The molecular weight excluding hydrogens is 154 g/mol. The molecule has 0 aliphatic rings. The summed E-state index contributed by atoms with van der Waals surface area (Å²) in [6.45, 7) is 0.967. The van der Waals surface area contributed by atoms with Gasteiger partial charge in [-0.25, -0.2) is 0 Å². The fourth-order valence-corrected chi connectivity index (χ4v) is 1.34. The summed E-state index contributed by atoms with van der Waals surface area (Å²) in [4.78, 5) is 1.32. The second-order valence-corrected chi connectivity index (χ2v) is 3.22. The lowest BCUT2D eigenvalue weighted by atomic mass is 10.2. The predicted molar refractivity (Wildman–Crippen MR) is 49.2 cm³/mol. The van der Waals surface area contributed by atoms with Gasteiger partial charge in [0.05, 0.1) is 6.54 Å². The maximum absolute atomic E-state index is 3.69. The van der Waals surface area contributed by atoms with Crippen molar-refractivity contribution in [2.24, 2.45) is 0 Å². The number of nitrogens with two attached hydrogens (primary N) is 1. The van der Waals surface area contributed by atoms with Gasteiger partial charge >= 0.3 is 0 Å². The van der Waals surface area contributed by atoms with Gasteiger partial charge in [-0.1, -0.05) is 12.1 Å². The molecule has 0 atom stereocenters. The summed E-state index contributed by atoms with van der Waals surface area (Å²) < 4.78 is 0. The molecule has 0 aliphatic carbocycles. The lowest BCUT2D eigenvalue weighted by molar-refractivity contribution is -0.612. The van der Waals surface area contributed by atoms with E-state index in [0.29, 0.717) is 0 Å². The molecule has 0 fully saturated rings. The molecule has 0 saturated carbocycles. The Kier molecular flexibility index (Phi) is 3.46. The van der Waals surface area contributed by atoms with Crippen LogP contribution in [0.4, 0.5) is 0 Å². The molecule has 0 aliphatic heterocycles. The molecule has 1 rings (SSSR count). The van der Waals surface area contributed by atoms with E-state index < -0.39 is 0 Å².